The van der Waals surface area contributed by atoms with E-state index in [1.807, 2.05) is 0 Å². The zero-order valence-electron chi connectivity index (χ0n) is 18.7. The summed E-state index contributed by atoms with van der Waals surface area (Å²) in [5, 5.41) is 9.39. The van der Waals surface area contributed by atoms with Gasteiger partial charge >= 0.3 is 6.09 Å². The summed E-state index contributed by atoms with van der Waals surface area (Å²) in [6.45, 7) is 4.26. The minimum absolute atomic E-state index is 0.0921. The minimum Gasteiger partial charge on any atom is -0.450 e. The average molecular weight is 481 g/mol. The number of nitrogens with one attached hydrogen (secondary N) is 3. The van der Waals surface area contributed by atoms with Gasteiger partial charge in [0.25, 0.3) is 0 Å². The monoisotopic (exact) mass is 480 g/mol. The number of rotatable bonds is 6. The molecule has 0 atom stereocenters. The van der Waals surface area contributed by atoms with Gasteiger partial charge in [0.15, 0.2) is 0 Å². The molecule has 3 N–H and O–H groups in total. The van der Waals surface area contributed by atoms with E-state index in [-0.39, 0.29) is 28.6 Å². The van der Waals surface area contributed by atoms with Crippen molar-refractivity contribution in [2.45, 2.75) is 44.2 Å². The van der Waals surface area contributed by atoms with Gasteiger partial charge in [0.1, 0.15) is 11.4 Å². The number of ether oxygens (including phenoxy) is 1. The number of benzene rings is 1. The van der Waals surface area contributed by atoms with Crippen LogP contribution in [0.1, 0.15) is 38.2 Å². The number of hydrogen-bond donors (Lipinski definition) is 3. The van der Waals surface area contributed by atoms with Crippen molar-refractivity contribution in [2.24, 2.45) is 0 Å². The molecule has 0 radical (unpaired) electrons. The van der Waals surface area contributed by atoms with E-state index in [0.717, 1.165) is 0 Å². The van der Waals surface area contributed by atoms with Crippen LogP contribution in [0.25, 0.3) is 6.08 Å². The van der Waals surface area contributed by atoms with E-state index in [4.69, 9.17) is 16.3 Å². The molecule has 2 heterocycles. The molecule has 2 aliphatic rings. The summed E-state index contributed by atoms with van der Waals surface area (Å²) >= 11 is 5.76. The first kappa shape index (κ1) is 25.0. The number of halogens is 2. The maximum absolute atomic E-state index is 14.0. The molecule has 0 spiro atoms. The van der Waals surface area contributed by atoms with Gasteiger partial charge < -0.3 is 25.6 Å². The minimum atomic E-state index is -1.05. The average Bonchev–Trinajstić information content (AvgIpc) is 2.79. The Hall–Kier alpha value is -2.65. The topological polar surface area (TPSA) is 99.8 Å². The first-order valence-electron chi connectivity index (χ1n) is 11.2. The third kappa shape index (κ3) is 6.68. The fraction of sp³-hybridized carbons (Fsp3) is 0.522. The molecular formula is C23H30ClFN4O4. The number of hydrogen-bond acceptors (Lipinski definition) is 5. The molecule has 0 saturated carbocycles. The Bertz CT molecular complexity index is 896. The Morgan fingerprint density at radius 2 is 1.97 bits per heavy atom. The number of carbonyl (C=O) groups excluding carboxylic acids is 3. The van der Waals surface area contributed by atoms with E-state index < -0.39 is 17.3 Å². The second kappa shape index (κ2) is 11.5. The van der Waals surface area contributed by atoms with Crippen LogP contribution in [0.4, 0.5) is 9.18 Å². The molecule has 33 heavy (non-hydrogen) atoms. The van der Waals surface area contributed by atoms with Crippen LogP contribution in [0.2, 0.25) is 5.02 Å². The van der Waals surface area contributed by atoms with Crippen LogP contribution >= 0.6 is 11.6 Å². The van der Waals surface area contributed by atoms with Crippen molar-refractivity contribution in [1.29, 1.82) is 0 Å². The van der Waals surface area contributed by atoms with Crippen molar-refractivity contribution < 1.29 is 23.5 Å². The van der Waals surface area contributed by atoms with Crippen molar-refractivity contribution in [1.82, 2.24) is 20.9 Å². The van der Waals surface area contributed by atoms with Crippen molar-refractivity contribution in [3.63, 3.8) is 0 Å². The molecule has 1 aromatic rings. The maximum atomic E-state index is 14.0. The smallest absolute Gasteiger partial charge is 0.409 e. The summed E-state index contributed by atoms with van der Waals surface area (Å²) in [4.78, 5) is 39.4. The van der Waals surface area contributed by atoms with E-state index in [0.29, 0.717) is 58.5 Å². The lowest BCUT2D eigenvalue weighted by atomic mass is 9.86. The van der Waals surface area contributed by atoms with Crippen molar-refractivity contribution in [2.75, 3.05) is 32.8 Å². The van der Waals surface area contributed by atoms with Gasteiger partial charge in [-0.2, -0.15) is 0 Å². The molecule has 0 bridgehead atoms. The summed E-state index contributed by atoms with van der Waals surface area (Å²) in [7, 11) is 0. The van der Waals surface area contributed by atoms with Gasteiger partial charge in [-0.15, -0.1) is 0 Å². The second-order valence-electron chi connectivity index (χ2n) is 8.25. The molecule has 1 aromatic carbocycles. The quantitative estimate of drug-likeness (QED) is 0.543. The lowest BCUT2D eigenvalue weighted by molar-refractivity contribution is -0.134. The number of piperidine rings is 2. The fourth-order valence-corrected chi connectivity index (χ4v) is 4.25. The zero-order chi connectivity index (χ0) is 23.8. The number of amides is 3. The second-order valence-corrected chi connectivity index (χ2v) is 8.69. The van der Waals surface area contributed by atoms with Crippen LogP contribution in [0.5, 0.6) is 0 Å². The van der Waals surface area contributed by atoms with Crippen LogP contribution in [0, 0.1) is 5.82 Å². The van der Waals surface area contributed by atoms with Crippen LogP contribution < -0.4 is 16.0 Å². The molecule has 180 valence electrons. The number of carbonyl (C=O) groups is 3. The van der Waals surface area contributed by atoms with Crippen LogP contribution in [-0.2, 0) is 14.3 Å². The predicted octanol–water partition coefficient (Wildman–Crippen LogP) is 2.47. The van der Waals surface area contributed by atoms with E-state index in [2.05, 4.69) is 16.0 Å². The highest BCUT2D eigenvalue weighted by Gasteiger charge is 2.41. The van der Waals surface area contributed by atoms with Crippen LogP contribution in [0.3, 0.4) is 0 Å². The molecule has 3 rings (SSSR count). The molecule has 0 aliphatic carbocycles. The van der Waals surface area contributed by atoms with Crippen LogP contribution in [-0.4, -0.2) is 67.2 Å². The van der Waals surface area contributed by atoms with Crippen LogP contribution in [0.15, 0.2) is 24.3 Å². The molecule has 0 unspecified atom stereocenters. The Labute approximate surface area is 197 Å². The van der Waals surface area contributed by atoms with Gasteiger partial charge in [-0.3, -0.25) is 9.59 Å². The Balaban J connectivity index is 1.61. The van der Waals surface area contributed by atoms with Gasteiger partial charge in [0.05, 0.1) is 6.61 Å². The lowest BCUT2D eigenvalue weighted by Gasteiger charge is -2.39. The summed E-state index contributed by atoms with van der Waals surface area (Å²) < 4.78 is 19.0. The Kier molecular flexibility index (Phi) is 8.68. The lowest BCUT2D eigenvalue weighted by Crippen LogP contribution is -2.64. The van der Waals surface area contributed by atoms with Gasteiger partial charge in [0, 0.05) is 35.8 Å². The largest absolute Gasteiger partial charge is 0.450 e. The van der Waals surface area contributed by atoms with Gasteiger partial charge in [-0.25, -0.2) is 9.18 Å². The maximum Gasteiger partial charge on any atom is 0.409 e. The molecule has 0 aromatic heterocycles. The molecule has 2 aliphatic heterocycles. The third-order valence-electron chi connectivity index (χ3n) is 5.99. The van der Waals surface area contributed by atoms with E-state index in [9.17, 15) is 18.8 Å². The fourth-order valence-electron chi connectivity index (χ4n) is 4.09. The van der Waals surface area contributed by atoms with Gasteiger partial charge in [0.2, 0.25) is 11.8 Å². The highest BCUT2D eigenvalue weighted by atomic mass is 35.5. The number of nitrogens with zero attached hydrogens (tertiary/aromatic N) is 1. The summed E-state index contributed by atoms with van der Waals surface area (Å²) in [5.74, 6) is -1.24. The van der Waals surface area contributed by atoms with Gasteiger partial charge in [-0.05, 0) is 63.9 Å². The molecule has 8 nitrogen and oxygen atoms in total. The number of likely N-dealkylation sites (tertiary alicyclic amines) is 1. The zero-order valence-corrected chi connectivity index (χ0v) is 19.4. The Morgan fingerprint density at radius 1 is 1.27 bits per heavy atom. The first-order chi connectivity index (χ1) is 15.8. The molecular weight excluding hydrogens is 451 g/mol. The summed E-state index contributed by atoms with van der Waals surface area (Å²) in [5.41, 5.74) is -0.824. The molecule has 2 fully saturated rings. The summed E-state index contributed by atoms with van der Waals surface area (Å²) in [6, 6.07) is 4.10. The molecule has 3 amide bonds. The van der Waals surface area contributed by atoms with Crippen molar-refractivity contribution >= 4 is 35.6 Å². The van der Waals surface area contributed by atoms with E-state index >= 15 is 0 Å². The van der Waals surface area contributed by atoms with E-state index in [1.54, 1.807) is 11.8 Å². The molecule has 10 heteroatoms. The van der Waals surface area contributed by atoms with Gasteiger partial charge in [-0.1, -0.05) is 17.7 Å². The standard InChI is InChI=1S/C23H30ClFN4O4/c1-2-33-22(32)29-13-7-18(8-14-29)27-21(31)23(9-11-26-12-10-23)28-20(30)6-4-16-3-5-17(24)15-19(16)25/h3-6,15,18,26H,2,7-14H2,1H3,(H,27,31)(H,28,30). The third-order valence-corrected chi connectivity index (χ3v) is 6.22. The highest BCUT2D eigenvalue weighted by Crippen LogP contribution is 2.21. The van der Waals surface area contributed by atoms with Crippen molar-refractivity contribution in [3.8, 4) is 0 Å². The van der Waals surface area contributed by atoms with Crippen molar-refractivity contribution in [3.05, 3.63) is 40.7 Å². The van der Waals surface area contributed by atoms with E-state index in [1.165, 1.54) is 30.4 Å². The Morgan fingerprint density at radius 3 is 2.61 bits per heavy atom. The predicted molar refractivity (Wildman–Crippen MR) is 123 cm³/mol. The summed E-state index contributed by atoms with van der Waals surface area (Å²) in [6.07, 6.45) is 4.35. The SMILES string of the molecule is CCOC(=O)N1CCC(NC(=O)C2(NC(=O)C=Cc3ccc(Cl)cc3F)CCNCC2)CC1. The normalized spacial score (nSPS) is 18.7. The molecule has 2 saturated heterocycles. The highest BCUT2D eigenvalue weighted by molar-refractivity contribution is 6.30. The first-order valence-corrected chi connectivity index (χ1v) is 11.6.